The van der Waals surface area contributed by atoms with E-state index >= 15 is 0 Å². The second kappa shape index (κ2) is 3.35. The quantitative estimate of drug-likeness (QED) is 0.597. The number of carbonyl (C=O) groups excluding carboxylic acids is 1. The van der Waals surface area contributed by atoms with E-state index in [0.717, 1.165) is 6.92 Å². The van der Waals surface area contributed by atoms with Gasteiger partial charge in [0.25, 0.3) is 5.92 Å². The smallest absolute Gasteiger partial charge is 0.303 e. The van der Waals surface area contributed by atoms with Gasteiger partial charge in [0.1, 0.15) is 0 Å². The molecule has 1 saturated heterocycles. The second-order valence-electron chi connectivity index (χ2n) is 2.81. The van der Waals surface area contributed by atoms with Crippen molar-refractivity contribution < 1.29 is 18.3 Å². The summed E-state index contributed by atoms with van der Waals surface area (Å²) in [7, 11) is 0. The summed E-state index contributed by atoms with van der Waals surface area (Å²) < 4.78 is 30.3. The van der Waals surface area contributed by atoms with Crippen LogP contribution in [0.25, 0.3) is 0 Å². The maximum Gasteiger partial charge on any atom is 0.303 e. The third-order valence-corrected chi connectivity index (χ3v) is 1.74. The topological polar surface area (TPSA) is 38.3 Å². The first-order chi connectivity index (χ1) is 5.52. The first kappa shape index (κ1) is 9.38. The molecule has 5 heteroatoms. The van der Waals surface area contributed by atoms with E-state index in [4.69, 9.17) is 0 Å². The van der Waals surface area contributed by atoms with Crippen LogP contribution < -0.4 is 5.32 Å². The Morgan fingerprint density at radius 3 is 2.83 bits per heavy atom. The highest BCUT2D eigenvalue weighted by atomic mass is 19.3. The SMILES string of the molecule is CC(=O)OC1CNCCC1(F)F. The summed E-state index contributed by atoms with van der Waals surface area (Å²) in [5.74, 6) is -3.54. The lowest BCUT2D eigenvalue weighted by Crippen LogP contribution is -2.50. The summed E-state index contributed by atoms with van der Waals surface area (Å²) in [4.78, 5) is 10.4. The van der Waals surface area contributed by atoms with Gasteiger partial charge in [-0.3, -0.25) is 4.79 Å². The number of carbonyl (C=O) groups is 1. The largest absolute Gasteiger partial charge is 0.455 e. The number of piperidine rings is 1. The zero-order valence-corrected chi connectivity index (χ0v) is 6.77. The number of ether oxygens (including phenoxy) is 1. The van der Waals surface area contributed by atoms with Crippen molar-refractivity contribution in [1.29, 1.82) is 0 Å². The highest BCUT2D eigenvalue weighted by Crippen LogP contribution is 2.27. The Hall–Kier alpha value is -0.710. The van der Waals surface area contributed by atoms with Crippen LogP contribution in [0.4, 0.5) is 8.78 Å². The molecule has 1 fully saturated rings. The van der Waals surface area contributed by atoms with Gasteiger partial charge in [0.05, 0.1) is 0 Å². The van der Waals surface area contributed by atoms with Crippen molar-refractivity contribution in [2.45, 2.75) is 25.4 Å². The summed E-state index contributed by atoms with van der Waals surface area (Å²) in [6, 6.07) is 0. The lowest BCUT2D eigenvalue weighted by molar-refractivity contribution is -0.176. The van der Waals surface area contributed by atoms with Gasteiger partial charge in [-0.15, -0.1) is 0 Å². The van der Waals surface area contributed by atoms with Crippen LogP contribution >= 0.6 is 0 Å². The standard InChI is InChI=1S/C7H11F2NO2/c1-5(11)12-6-4-10-3-2-7(6,8)9/h6,10H,2-4H2,1H3. The highest BCUT2D eigenvalue weighted by molar-refractivity contribution is 5.66. The number of rotatable bonds is 1. The van der Waals surface area contributed by atoms with Gasteiger partial charge in [-0.05, 0) is 0 Å². The van der Waals surface area contributed by atoms with Crippen LogP contribution in [-0.4, -0.2) is 31.1 Å². The average Bonchev–Trinajstić information content (AvgIpc) is 1.92. The minimum Gasteiger partial charge on any atom is -0.455 e. The monoisotopic (exact) mass is 179 g/mol. The molecule has 3 nitrogen and oxygen atoms in total. The van der Waals surface area contributed by atoms with Crippen molar-refractivity contribution in [2.24, 2.45) is 0 Å². The predicted octanol–water partition coefficient (Wildman–Crippen LogP) is 0.547. The van der Waals surface area contributed by atoms with E-state index in [0.29, 0.717) is 0 Å². The van der Waals surface area contributed by atoms with Crippen LogP contribution in [0, 0.1) is 0 Å². The lowest BCUT2D eigenvalue weighted by atomic mass is 10.1. The van der Waals surface area contributed by atoms with Gasteiger partial charge in [0.2, 0.25) is 0 Å². The van der Waals surface area contributed by atoms with E-state index in [1.54, 1.807) is 0 Å². The molecule has 0 radical (unpaired) electrons. The second-order valence-corrected chi connectivity index (χ2v) is 2.81. The van der Waals surface area contributed by atoms with E-state index in [1.807, 2.05) is 0 Å². The van der Waals surface area contributed by atoms with E-state index in [9.17, 15) is 13.6 Å². The third-order valence-electron chi connectivity index (χ3n) is 1.74. The average molecular weight is 179 g/mol. The van der Waals surface area contributed by atoms with E-state index in [-0.39, 0.29) is 19.5 Å². The zero-order chi connectivity index (χ0) is 9.19. The maximum absolute atomic E-state index is 12.9. The van der Waals surface area contributed by atoms with Crippen LogP contribution in [0.1, 0.15) is 13.3 Å². The molecule has 0 aromatic rings. The fourth-order valence-corrected chi connectivity index (χ4v) is 1.13. The summed E-state index contributed by atoms with van der Waals surface area (Å²) in [5, 5.41) is 2.74. The minimum absolute atomic E-state index is 0.0343. The van der Waals surface area contributed by atoms with Crippen molar-refractivity contribution in [3.05, 3.63) is 0 Å². The fraction of sp³-hybridized carbons (Fsp3) is 0.857. The summed E-state index contributed by atoms with van der Waals surface area (Å²) in [5.41, 5.74) is 0. The van der Waals surface area contributed by atoms with Gasteiger partial charge in [0, 0.05) is 26.4 Å². The number of esters is 1. The van der Waals surface area contributed by atoms with Crippen molar-refractivity contribution in [2.75, 3.05) is 13.1 Å². The molecule has 70 valence electrons. The van der Waals surface area contributed by atoms with Gasteiger partial charge in [0.15, 0.2) is 6.10 Å². The molecule has 12 heavy (non-hydrogen) atoms. The molecule has 1 rings (SSSR count). The van der Waals surface area contributed by atoms with Crippen molar-refractivity contribution in [1.82, 2.24) is 5.32 Å². The molecule has 0 bridgehead atoms. The number of hydrogen-bond donors (Lipinski definition) is 1. The Kier molecular flexibility index (Phi) is 2.62. The van der Waals surface area contributed by atoms with Gasteiger partial charge in [-0.1, -0.05) is 0 Å². The number of nitrogens with one attached hydrogen (secondary N) is 1. The Morgan fingerprint density at radius 2 is 2.33 bits per heavy atom. The highest BCUT2D eigenvalue weighted by Gasteiger charge is 2.43. The zero-order valence-electron chi connectivity index (χ0n) is 6.77. The Balaban J connectivity index is 2.54. The predicted molar refractivity (Wildman–Crippen MR) is 38.0 cm³/mol. The molecule has 1 N–H and O–H groups in total. The minimum atomic E-state index is -2.88. The summed E-state index contributed by atoms with van der Waals surface area (Å²) in [6.45, 7) is 1.43. The van der Waals surface area contributed by atoms with Crippen LogP contribution in [0.3, 0.4) is 0 Å². The number of hydrogen-bond acceptors (Lipinski definition) is 3. The van der Waals surface area contributed by atoms with Gasteiger partial charge >= 0.3 is 5.97 Å². The van der Waals surface area contributed by atoms with Crippen LogP contribution in [0.2, 0.25) is 0 Å². The van der Waals surface area contributed by atoms with Crippen LogP contribution in [0.15, 0.2) is 0 Å². The molecule has 0 saturated carbocycles. The molecule has 1 atom stereocenters. The fourth-order valence-electron chi connectivity index (χ4n) is 1.13. The molecule has 0 aromatic heterocycles. The molecular weight excluding hydrogens is 168 g/mol. The molecule has 1 aliphatic heterocycles. The molecule has 1 heterocycles. The van der Waals surface area contributed by atoms with Crippen LogP contribution in [0.5, 0.6) is 0 Å². The number of alkyl halides is 2. The van der Waals surface area contributed by atoms with Crippen molar-refractivity contribution in [3.63, 3.8) is 0 Å². The maximum atomic E-state index is 12.9. The summed E-state index contributed by atoms with van der Waals surface area (Å²) >= 11 is 0. The van der Waals surface area contributed by atoms with E-state index in [1.165, 1.54) is 0 Å². The molecule has 0 amide bonds. The third kappa shape index (κ3) is 2.14. The molecular formula is C7H11F2NO2. The van der Waals surface area contributed by atoms with Crippen molar-refractivity contribution >= 4 is 5.97 Å². The van der Waals surface area contributed by atoms with Gasteiger partial charge in [-0.2, -0.15) is 0 Å². The molecule has 0 spiro atoms. The molecule has 0 aromatic carbocycles. The first-order valence-corrected chi connectivity index (χ1v) is 3.78. The van der Waals surface area contributed by atoms with Crippen LogP contribution in [-0.2, 0) is 9.53 Å². The Bertz CT molecular complexity index is 184. The summed E-state index contributed by atoms with van der Waals surface area (Å²) in [6.07, 6.45) is -1.57. The van der Waals surface area contributed by atoms with Gasteiger partial charge in [-0.25, -0.2) is 8.78 Å². The Labute approximate surface area is 69.1 Å². The molecule has 1 aliphatic rings. The Morgan fingerprint density at radius 1 is 1.67 bits per heavy atom. The van der Waals surface area contributed by atoms with E-state index < -0.39 is 18.0 Å². The van der Waals surface area contributed by atoms with Gasteiger partial charge < -0.3 is 10.1 Å². The van der Waals surface area contributed by atoms with E-state index in [2.05, 4.69) is 10.1 Å². The molecule has 0 aliphatic carbocycles. The number of halogens is 2. The first-order valence-electron chi connectivity index (χ1n) is 3.78. The normalized spacial score (nSPS) is 28.1. The lowest BCUT2D eigenvalue weighted by Gasteiger charge is -2.30. The van der Waals surface area contributed by atoms with Crippen molar-refractivity contribution in [3.8, 4) is 0 Å². The molecule has 1 unspecified atom stereocenters.